The maximum absolute atomic E-state index is 13.3. The van der Waals surface area contributed by atoms with E-state index in [1.165, 1.54) is 11.3 Å². The lowest BCUT2D eigenvalue weighted by atomic mass is 9.95. The van der Waals surface area contributed by atoms with Gasteiger partial charge in [0, 0.05) is 28.2 Å². The summed E-state index contributed by atoms with van der Waals surface area (Å²) in [5.74, 6) is -1.75. The Hall–Kier alpha value is -3.00. The van der Waals surface area contributed by atoms with Crippen LogP contribution in [0.15, 0.2) is 48.5 Å². The SMILES string of the molecule is Cc1ccc(NC(=O)C[S@@](=O)CC(=O)N(c2ccccc2C)[C@@H](C)C(=O)NC2CCCCC2)cc1. The number of para-hydroxylation sites is 1. The first-order chi connectivity index (χ1) is 16.7. The third-order valence-corrected chi connectivity index (χ3v) is 7.43. The van der Waals surface area contributed by atoms with Gasteiger partial charge in [-0.25, -0.2) is 0 Å². The minimum atomic E-state index is -1.73. The van der Waals surface area contributed by atoms with Crippen LogP contribution in [-0.2, 0) is 25.2 Å². The van der Waals surface area contributed by atoms with Crippen molar-refractivity contribution in [1.82, 2.24) is 5.32 Å². The Morgan fingerprint density at radius 1 is 0.971 bits per heavy atom. The molecule has 0 heterocycles. The van der Waals surface area contributed by atoms with Crippen LogP contribution in [0, 0.1) is 13.8 Å². The summed E-state index contributed by atoms with van der Waals surface area (Å²) >= 11 is 0. The van der Waals surface area contributed by atoms with Crippen LogP contribution in [-0.4, -0.2) is 45.5 Å². The van der Waals surface area contributed by atoms with Gasteiger partial charge in [0.2, 0.25) is 17.7 Å². The number of aryl methyl sites for hydroxylation is 2. The second-order valence-electron chi connectivity index (χ2n) is 9.21. The zero-order chi connectivity index (χ0) is 25.4. The predicted octanol–water partition coefficient (Wildman–Crippen LogP) is 3.86. The van der Waals surface area contributed by atoms with Crippen LogP contribution in [0.5, 0.6) is 0 Å². The lowest BCUT2D eigenvalue weighted by Gasteiger charge is -2.32. The van der Waals surface area contributed by atoms with Gasteiger partial charge in [0.25, 0.3) is 0 Å². The largest absolute Gasteiger partial charge is 0.352 e. The summed E-state index contributed by atoms with van der Waals surface area (Å²) in [6, 6.07) is 13.9. The van der Waals surface area contributed by atoms with Gasteiger partial charge in [0.1, 0.15) is 17.5 Å². The van der Waals surface area contributed by atoms with Gasteiger partial charge < -0.3 is 10.6 Å². The van der Waals surface area contributed by atoms with Crippen molar-refractivity contribution in [2.75, 3.05) is 21.7 Å². The topological polar surface area (TPSA) is 95.6 Å². The van der Waals surface area contributed by atoms with E-state index in [9.17, 15) is 18.6 Å². The highest BCUT2D eigenvalue weighted by molar-refractivity contribution is 7.86. The van der Waals surface area contributed by atoms with Crippen molar-refractivity contribution < 1.29 is 18.6 Å². The molecule has 35 heavy (non-hydrogen) atoms. The standard InChI is InChI=1S/C27H35N3O4S/c1-19-13-15-23(16-14-19)28-25(31)17-35(34)18-26(32)30(24-12-8-7-9-20(24)2)21(3)27(33)29-22-10-5-4-6-11-22/h7-9,12-16,21-22H,4-6,10-11,17-18H2,1-3H3,(H,28,31)(H,29,33)/t21-,35+/m0/s1. The molecule has 0 unspecified atom stereocenters. The Balaban J connectivity index is 1.68. The molecular formula is C27H35N3O4S. The van der Waals surface area contributed by atoms with E-state index in [4.69, 9.17) is 0 Å². The predicted molar refractivity (Wildman–Crippen MR) is 141 cm³/mol. The van der Waals surface area contributed by atoms with Gasteiger partial charge >= 0.3 is 0 Å². The van der Waals surface area contributed by atoms with E-state index < -0.39 is 28.7 Å². The first-order valence-corrected chi connectivity index (χ1v) is 13.6. The molecule has 0 spiro atoms. The number of hydrogen-bond donors (Lipinski definition) is 2. The van der Waals surface area contributed by atoms with Crippen molar-refractivity contribution in [2.24, 2.45) is 0 Å². The number of carbonyl (C=O) groups excluding carboxylic acids is 3. The Morgan fingerprint density at radius 3 is 2.29 bits per heavy atom. The Morgan fingerprint density at radius 2 is 1.63 bits per heavy atom. The van der Waals surface area contributed by atoms with E-state index in [0.29, 0.717) is 11.4 Å². The summed E-state index contributed by atoms with van der Waals surface area (Å²) in [6.07, 6.45) is 5.24. The third kappa shape index (κ3) is 7.75. The average molecular weight is 498 g/mol. The summed E-state index contributed by atoms with van der Waals surface area (Å²) in [4.78, 5) is 40.2. The number of benzene rings is 2. The second kappa shape index (κ2) is 12.6. The van der Waals surface area contributed by atoms with Crippen LogP contribution in [0.1, 0.15) is 50.2 Å². The third-order valence-electron chi connectivity index (χ3n) is 6.27. The molecule has 2 aromatic carbocycles. The quantitative estimate of drug-likeness (QED) is 0.550. The number of rotatable bonds is 9. The second-order valence-corrected chi connectivity index (χ2v) is 10.7. The molecule has 0 aliphatic heterocycles. The van der Waals surface area contributed by atoms with Crippen molar-refractivity contribution in [3.8, 4) is 0 Å². The van der Waals surface area contributed by atoms with Gasteiger partial charge in [-0.2, -0.15) is 0 Å². The van der Waals surface area contributed by atoms with Gasteiger partial charge in [-0.05, 0) is 57.4 Å². The molecule has 1 saturated carbocycles. The van der Waals surface area contributed by atoms with Gasteiger partial charge in [0.05, 0.1) is 0 Å². The van der Waals surface area contributed by atoms with E-state index in [0.717, 1.165) is 36.8 Å². The molecular weight excluding hydrogens is 462 g/mol. The summed E-state index contributed by atoms with van der Waals surface area (Å²) < 4.78 is 12.7. The average Bonchev–Trinajstić information content (AvgIpc) is 2.82. The van der Waals surface area contributed by atoms with Gasteiger partial charge in [-0.3, -0.25) is 23.5 Å². The van der Waals surface area contributed by atoms with E-state index >= 15 is 0 Å². The lowest BCUT2D eigenvalue weighted by molar-refractivity contribution is -0.126. The van der Waals surface area contributed by atoms with Crippen molar-refractivity contribution >= 4 is 39.9 Å². The molecule has 3 rings (SSSR count). The highest BCUT2D eigenvalue weighted by atomic mass is 32.2. The number of carbonyl (C=O) groups is 3. The monoisotopic (exact) mass is 497 g/mol. The number of nitrogens with one attached hydrogen (secondary N) is 2. The lowest BCUT2D eigenvalue weighted by Crippen LogP contribution is -2.52. The molecule has 0 bridgehead atoms. The summed E-state index contributed by atoms with van der Waals surface area (Å²) in [7, 11) is -1.73. The summed E-state index contributed by atoms with van der Waals surface area (Å²) in [5.41, 5.74) is 3.11. The minimum absolute atomic E-state index is 0.118. The normalized spacial score (nSPS) is 15.6. The zero-order valence-electron chi connectivity index (χ0n) is 20.7. The Bertz CT molecular complexity index is 1060. The molecule has 2 N–H and O–H groups in total. The van der Waals surface area contributed by atoms with Crippen molar-refractivity contribution in [1.29, 1.82) is 0 Å². The van der Waals surface area contributed by atoms with Crippen LogP contribution >= 0.6 is 0 Å². The fraction of sp³-hybridized carbons (Fsp3) is 0.444. The van der Waals surface area contributed by atoms with Crippen LogP contribution in [0.25, 0.3) is 0 Å². The zero-order valence-corrected chi connectivity index (χ0v) is 21.5. The molecule has 0 saturated heterocycles. The molecule has 1 fully saturated rings. The molecule has 3 amide bonds. The minimum Gasteiger partial charge on any atom is -0.352 e. The maximum atomic E-state index is 13.3. The number of hydrogen-bond acceptors (Lipinski definition) is 4. The maximum Gasteiger partial charge on any atom is 0.243 e. The fourth-order valence-electron chi connectivity index (χ4n) is 4.32. The fourth-order valence-corrected chi connectivity index (χ4v) is 5.20. The molecule has 0 radical (unpaired) electrons. The first-order valence-electron chi connectivity index (χ1n) is 12.1. The van der Waals surface area contributed by atoms with Crippen LogP contribution in [0.2, 0.25) is 0 Å². The van der Waals surface area contributed by atoms with Crippen LogP contribution < -0.4 is 15.5 Å². The molecule has 1 aliphatic rings. The van der Waals surface area contributed by atoms with E-state index in [1.807, 2.05) is 38.1 Å². The number of anilines is 2. The van der Waals surface area contributed by atoms with E-state index in [-0.39, 0.29) is 23.5 Å². The molecule has 0 aromatic heterocycles. The molecule has 2 atom stereocenters. The van der Waals surface area contributed by atoms with Crippen LogP contribution in [0.4, 0.5) is 11.4 Å². The molecule has 8 heteroatoms. The van der Waals surface area contributed by atoms with Crippen molar-refractivity contribution in [3.63, 3.8) is 0 Å². The van der Waals surface area contributed by atoms with Crippen molar-refractivity contribution in [2.45, 2.75) is 65.0 Å². The van der Waals surface area contributed by atoms with Gasteiger partial charge in [-0.1, -0.05) is 55.2 Å². The number of nitrogens with zero attached hydrogens (tertiary/aromatic N) is 1. The van der Waals surface area contributed by atoms with Crippen molar-refractivity contribution in [3.05, 3.63) is 59.7 Å². The smallest absolute Gasteiger partial charge is 0.243 e. The summed E-state index contributed by atoms with van der Waals surface area (Å²) in [6.45, 7) is 5.51. The summed E-state index contributed by atoms with van der Waals surface area (Å²) in [5, 5.41) is 5.80. The Kier molecular flexibility index (Phi) is 9.60. The molecule has 1 aliphatic carbocycles. The van der Waals surface area contributed by atoms with Gasteiger partial charge in [-0.15, -0.1) is 0 Å². The van der Waals surface area contributed by atoms with E-state index in [1.54, 1.807) is 31.2 Å². The van der Waals surface area contributed by atoms with E-state index in [2.05, 4.69) is 10.6 Å². The molecule has 2 aromatic rings. The molecule has 188 valence electrons. The molecule has 7 nitrogen and oxygen atoms in total. The highest BCUT2D eigenvalue weighted by Crippen LogP contribution is 2.23. The highest BCUT2D eigenvalue weighted by Gasteiger charge is 2.31. The first kappa shape index (κ1) is 26.6. The van der Waals surface area contributed by atoms with Gasteiger partial charge in [0.15, 0.2) is 0 Å². The van der Waals surface area contributed by atoms with Crippen LogP contribution in [0.3, 0.4) is 0 Å². The number of amides is 3. The Labute approximate surface area is 210 Å².